The monoisotopic (exact) mass is 322 g/mol. The Kier molecular flexibility index (Phi) is 4.81. The van der Waals surface area contributed by atoms with Crippen molar-refractivity contribution < 1.29 is 9.22 Å². The van der Waals surface area contributed by atoms with Crippen LogP contribution in [-0.4, -0.2) is 20.7 Å². The molecule has 0 radical (unpaired) electrons. The summed E-state index contributed by atoms with van der Waals surface area (Å²) in [6, 6.07) is 0. The highest BCUT2D eigenvalue weighted by atomic mass is 28.4. The molecule has 0 heterocycles. The van der Waals surface area contributed by atoms with Gasteiger partial charge in [-0.05, 0) is 50.7 Å². The van der Waals surface area contributed by atoms with Gasteiger partial charge in [-0.1, -0.05) is 39.3 Å². The standard InChI is InChI=1S/C19H34O2Si/c1-14-13-16-9-11-19(14,15(2)17(16)20)10-8-12-21-22(6,7)18(3,4)5/h13,15-16H,8-12H2,1-7H3/t15-,16+,19-/m0/s1. The number of Topliss-reactive ketones (excluding diaryl/α,β-unsaturated/α-hetero) is 1. The van der Waals surface area contributed by atoms with Crippen LogP contribution in [-0.2, 0) is 9.22 Å². The Balaban J connectivity index is 1.95. The van der Waals surface area contributed by atoms with Gasteiger partial charge in [-0.2, -0.15) is 0 Å². The van der Waals surface area contributed by atoms with Gasteiger partial charge in [0.1, 0.15) is 5.78 Å². The Morgan fingerprint density at radius 1 is 1.36 bits per heavy atom. The minimum absolute atomic E-state index is 0.128. The summed E-state index contributed by atoms with van der Waals surface area (Å²) in [5.41, 5.74) is 1.59. The molecular formula is C19H34O2Si. The van der Waals surface area contributed by atoms with Gasteiger partial charge in [0.05, 0.1) is 0 Å². The first-order valence-corrected chi connectivity index (χ1v) is 11.8. The van der Waals surface area contributed by atoms with Gasteiger partial charge in [0.2, 0.25) is 0 Å². The second-order valence-corrected chi connectivity index (χ2v) is 13.8. The van der Waals surface area contributed by atoms with Crippen LogP contribution in [0.15, 0.2) is 11.6 Å². The molecule has 3 heteroatoms. The molecule has 22 heavy (non-hydrogen) atoms. The molecule has 0 aromatic heterocycles. The van der Waals surface area contributed by atoms with Gasteiger partial charge >= 0.3 is 0 Å². The topological polar surface area (TPSA) is 26.3 Å². The van der Waals surface area contributed by atoms with E-state index in [4.69, 9.17) is 4.43 Å². The molecule has 2 nitrogen and oxygen atoms in total. The molecule has 0 amide bonds. The summed E-state index contributed by atoms with van der Waals surface area (Å²) in [7, 11) is -1.65. The fourth-order valence-electron chi connectivity index (χ4n) is 4.01. The zero-order valence-corrected chi connectivity index (χ0v) is 16.6. The number of ketones is 1. The first kappa shape index (κ1) is 17.9. The summed E-state index contributed by atoms with van der Waals surface area (Å²) in [5, 5.41) is 0.271. The van der Waals surface area contributed by atoms with Crippen LogP contribution in [0, 0.1) is 17.3 Å². The van der Waals surface area contributed by atoms with E-state index in [9.17, 15) is 4.79 Å². The molecule has 0 aromatic rings. The number of carbonyl (C=O) groups excluding carboxylic acids is 1. The third-order valence-electron chi connectivity index (χ3n) is 6.80. The van der Waals surface area contributed by atoms with Crippen LogP contribution in [0.5, 0.6) is 0 Å². The normalized spacial score (nSPS) is 32.3. The molecule has 0 aliphatic heterocycles. The molecule has 3 atom stereocenters. The molecule has 2 bridgehead atoms. The highest BCUT2D eigenvalue weighted by Gasteiger charge is 2.50. The van der Waals surface area contributed by atoms with Gasteiger partial charge < -0.3 is 4.43 Å². The first-order chi connectivity index (χ1) is 10.0. The number of allylic oxidation sites excluding steroid dienone is 2. The maximum Gasteiger partial charge on any atom is 0.191 e. The molecule has 1 fully saturated rings. The van der Waals surface area contributed by atoms with Crippen molar-refractivity contribution in [2.24, 2.45) is 17.3 Å². The third kappa shape index (κ3) is 2.99. The van der Waals surface area contributed by atoms with Crippen molar-refractivity contribution in [2.75, 3.05) is 6.61 Å². The van der Waals surface area contributed by atoms with E-state index >= 15 is 0 Å². The van der Waals surface area contributed by atoms with Gasteiger partial charge in [0.15, 0.2) is 8.32 Å². The smallest absolute Gasteiger partial charge is 0.191 e. The molecule has 1 saturated carbocycles. The van der Waals surface area contributed by atoms with Crippen LogP contribution in [0.4, 0.5) is 0 Å². The molecule has 0 aromatic carbocycles. The van der Waals surface area contributed by atoms with Crippen molar-refractivity contribution in [1.82, 2.24) is 0 Å². The molecule has 0 spiro atoms. The fourth-order valence-corrected chi connectivity index (χ4v) is 5.09. The van der Waals surface area contributed by atoms with Crippen molar-refractivity contribution in [3.05, 3.63) is 11.6 Å². The maximum absolute atomic E-state index is 12.4. The van der Waals surface area contributed by atoms with Crippen LogP contribution in [0.2, 0.25) is 18.1 Å². The summed E-state index contributed by atoms with van der Waals surface area (Å²) < 4.78 is 6.32. The Hall–Kier alpha value is -0.413. The number of rotatable bonds is 5. The maximum atomic E-state index is 12.4. The average molecular weight is 323 g/mol. The van der Waals surface area contributed by atoms with Crippen molar-refractivity contribution >= 4 is 14.1 Å². The number of hydrogen-bond donors (Lipinski definition) is 0. The molecule has 3 aliphatic rings. The predicted octanol–water partition coefficient (Wildman–Crippen LogP) is 5.35. The zero-order chi connectivity index (χ0) is 16.8. The Labute approximate surface area is 137 Å². The van der Waals surface area contributed by atoms with Crippen LogP contribution in [0.1, 0.15) is 60.3 Å². The van der Waals surface area contributed by atoms with Crippen molar-refractivity contribution in [3.63, 3.8) is 0 Å². The van der Waals surface area contributed by atoms with Gasteiger partial charge in [0.25, 0.3) is 0 Å². The van der Waals surface area contributed by atoms with E-state index in [1.165, 1.54) is 12.0 Å². The molecular weight excluding hydrogens is 288 g/mol. The van der Waals surface area contributed by atoms with Gasteiger partial charge in [0, 0.05) is 23.9 Å². The van der Waals surface area contributed by atoms with E-state index < -0.39 is 8.32 Å². The summed E-state index contributed by atoms with van der Waals surface area (Å²) in [6.07, 6.45) is 6.67. The lowest BCUT2D eigenvalue weighted by atomic mass is 9.54. The predicted molar refractivity (Wildman–Crippen MR) is 95.5 cm³/mol. The van der Waals surface area contributed by atoms with Crippen LogP contribution in [0.3, 0.4) is 0 Å². The van der Waals surface area contributed by atoms with E-state index in [1.54, 1.807) is 0 Å². The van der Waals surface area contributed by atoms with Crippen molar-refractivity contribution in [2.45, 2.75) is 78.4 Å². The summed E-state index contributed by atoms with van der Waals surface area (Å²) in [5.74, 6) is 0.881. The Bertz CT molecular complexity index is 472. The van der Waals surface area contributed by atoms with E-state index in [0.29, 0.717) is 5.78 Å². The average Bonchev–Trinajstić information content (AvgIpc) is 2.40. The SMILES string of the molecule is CC1=C[C@H]2CC[C@]1(CCCO[Si](C)(C)C(C)(C)C)[C@@H](C)C2=O. The summed E-state index contributed by atoms with van der Waals surface area (Å²) in [6.45, 7) is 16.7. The number of hydrogen-bond acceptors (Lipinski definition) is 2. The molecule has 0 saturated heterocycles. The first-order valence-electron chi connectivity index (χ1n) is 8.88. The van der Waals surface area contributed by atoms with Gasteiger partial charge in [-0.3, -0.25) is 4.79 Å². The van der Waals surface area contributed by atoms with Crippen LogP contribution in [0.25, 0.3) is 0 Å². The minimum Gasteiger partial charge on any atom is -0.417 e. The second-order valence-electron chi connectivity index (χ2n) is 8.99. The van der Waals surface area contributed by atoms with Crippen molar-refractivity contribution in [3.8, 4) is 0 Å². The summed E-state index contributed by atoms with van der Waals surface area (Å²) in [4.78, 5) is 12.4. The largest absolute Gasteiger partial charge is 0.417 e. The quantitative estimate of drug-likeness (QED) is 0.387. The molecule has 3 aliphatic carbocycles. The molecule has 0 unspecified atom stereocenters. The lowest BCUT2D eigenvalue weighted by Gasteiger charge is -2.49. The fraction of sp³-hybridized carbons (Fsp3) is 0.842. The Morgan fingerprint density at radius 3 is 2.55 bits per heavy atom. The van der Waals surface area contributed by atoms with Gasteiger partial charge in [-0.15, -0.1) is 0 Å². The van der Waals surface area contributed by atoms with Gasteiger partial charge in [-0.25, -0.2) is 0 Å². The lowest BCUT2D eigenvalue weighted by molar-refractivity contribution is -0.133. The van der Waals surface area contributed by atoms with E-state index in [2.05, 4.69) is 53.8 Å². The van der Waals surface area contributed by atoms with Crippen molar-refractivity contribution in [1.29, 1.82) is 0 Å². The Morgan fingerprint density at radius 2 is 2.00 bits per heavy atom. The highest BCUT2D eigenvalue weighted by molar-refractivity contribution is 6.74. The van der Waals surface area contributed by atoms with E-state index in [1.807, 2.05) is 0 Å². The van der Waals surface area contributed by atoms with Crippen LogP contribution < -0.4 is 0 Å². The van der Waals surface area contributed by atoms with E-state index in [-0.39, 0.29) is 22.3 Å². The zero-order valence-electron chi connectivity index (χ0n) is 15.6. The third-order valence-corrected chi connectivity index (χ3v) is 11.3. The molecule has 126 valence electrons. The number of carbonyl (C=O) groups is 1. The van der Waals surface area contributed by atoms with E-state index in [0.717, 1.165) is 25.9 Å². The second kappa shape index (κ2) is 5.90. The molecule has 3 rings (SSSR count). The lowest BCUT2D eigenvalue weighted by Crippen LogP contribution is -2.47. The summed E-state index contributed by atoms with van der Waals surface area (Å²) >= 11 is 0. The minimum atomic E-state index is -1.65. The highest BCUT2D eigenvalue weighted by Crippen LogP contribution is 2.54. The number of fused-ring (bicyclic) bond motifs is 2. The molecule has 0 N–H and O–H groups in total. The van der Waals surface area contributed by atoms with Crippen LogP contribution >= 0.6 is 0 Å².